The summed E-state index contributed by atoms with van der Waals surface area (Å²) < 4.78 is 6.52. The number of fused-ring (bicyclic) bond motifs is 5. The van der Waals surface area contributed by atoms with Gasteiger partial charge in [0.2, 0.25) is 0 Å². The average molecular weight is 676 g/mol. The SMILES string of the molecule is C[C@@H]1CC2C[C@H](C)CC(c3ccc(-c4ccc5c(c4)oc4cc(-c6nc(-c7ccc(C#N)cc7)nc(-c7ccc(C#N)cc7)n6)ccc45)cc3)(C2)C1. The molecule has 2 heterocycles. The number of hydrogen-bond donors (Lipinski definition) is 0. The molecule has 2 aliphatic carbocycles. The summed E-state index contributed by atoms with van der Waals surface area (Å²) in [4.78, 5) is 14.5. The molecule has 2 saturated carbocycles. The molecule has 7 aromatic rings. The normalized spacial score (nSPS) is 21.1. The van der Waals surface area contributed by atoms with Gasteiger partial charge in [-0.1, -0.05) is 50.2 Å². The van der Waals surface area contributed by atoms with Gasteiger partial charge in [0.1, 0.15) is 11.2 Å². The van der Waals surface area contributed by atoms with Crippen LogP contribution in [0.25, 0.3) is 67.2 Å². The predicted octanol–water partition coefficient (Wildman–Crippen LogP) is 11.3. The summed E-state index contributed by atoms with van der Waals surface area (Å²) in [6.45, 7) is 4.90. The van der Waals surface area contributed by atoms with Crippen LogP contribution in [0.15, 0.2) is 114 Å². The lowest BCUT2D eigenvalue weighted by atomic mass is 9.54. The van der Waals surface area contributed by atoms with Crippen LogP contribution in [0.2, 0.25) is 0 Å². The van der Waals surface area contributed by atoms with Crippen LogP contribution in [0.5, 0.6) is 0 Å². The summed E-state index contributed by atoms with van der Waals surface area (Å²) in [5.74, 6) is 3.93. The molecule has 9 rings (SSSR count). The lowest BCUT2D eigenvalue weighted by Gasteiger charge is -2.50. The molecule has 6 nitrogen and oxygen atoms in total. The van der Waals surface area contributed by atoms with Crippen LogP contribution in [0, 0.1) is 40.4 Å². The number of rotatable bonds is 5. The van der Waals surface area contributed by atoms with E-state index in [-0.39, 0.29) is 0 Å². The van der Waals surface area contributed by atoms with Gasteiger partial charge in [0.05, 0.1) is 23.3 Å². The second-order valence-electron chi connectivity index (χ2n) is 15.2. The molecule has 2 aromatic heterocycles. The standard InChI is InChI=1S/C46H37N5O/c1-28-19-32-20-29(2)24-46(23-28,25-32)38-15-11-33(12-16-38)36-13-17-39-40-18-14-37(22-42(40)52-41(39)21-36)45-50-43(34-7-3-30(26-47)4-8-34)49-44(51-45)35-9-5-31(27-48)6-10-35/h3-18,21-22,28-29,32H,19-20,23-25H2,1-2H3/t28-,29+,32?,46?. The van der Waals surface area contributed by atoms with Crippen LogP contribution < -0.4 is 0 Å². The highest BCUT2D eigenvalue weighted by Crippen LogP contribution is 2.54. The number of aromatic nitrogens is 3. The van der Waals surface area contributed by atoms with Gasteiger partial charge in [-0.2, -0.15) is 10.5 Å². The molecule has 2 unspecified atom stereocenters. The van der Waals surface area contributed by atoms with Crippen molar-refractivity contribution in [2.45, 2.75) is 51.4 Å². The Balaban J connectivity index is 1.06. The summed E-state index contributed by atoms with van der Waals surface area (Å²) in [5.41, 5.74) is 9.23. The fraction of sp³-hybridized carbons (Fsp3) is 0.239. The van der Waals surface area contributed by atoms with Crippen molar-refractivity contribution in [1.29, 1.82) is 10.5 Å². The van der Waals surface area contributed by atoms with Gasteiger partial charge in [-0.3, -0.25) is 0 Å². The van der Waals surface area contributed by atoms with Crippen LogP contribution in [-0.4, -0.2) is 15.0 Å². The van der Waals surface area contributed by atoms with Crippen LogP contribution in [0.1, 0.15) is 62.6 Å². The summed E-state index contributed by atoms with van der Waals surface area (Å²) in [7, 11) is 0. The molecule has 0 N–H and O–H groups in total. The van der Waals surface area contributed by atoms with Gasteiger partial charge in [0.25, 0.3) is 0 Å². The van der Waals surface area contributed by atoms with E-state index >= 15 is 0 Å². The zero-order chi connectivity index (χ0) is 35.4. The highest BCUT2D eigenvalue weighted by atomic mass is 16.3. The van der Waals surface area contributed by atoms with Gasteiger partial charge in [-0.25, -0.2) is 15.0 Å². The summed E-state index contributed by atoms with van der Waals surface area (Å²) >= 11 is 0. The van der Waals surface area contributed by atoms with Crippen LogP contribution in [0.3, 0.4) is 0 Å². The number of nitriles is 2. The van der Waals surface area contributed by atoms with Gasteiger partial charge < -0.3 is 4.42 Å². The Kier molecular flexibility index (Phi) is 7.71. The van der Waals surface area contributed by atoms with Crippen molar-refractivity contribution < 1.29 is 4.42 Å². The lowest BCUT2D eigenvalue weighted by molar-refractivity contribution is 0.0780. The maximum Gasteiger partial charge on any atom is 0.164 e. The van der Waals surface area contributed by atoms with Crippen molar-refractivity contribution in [3.8, 4) is 57.4 Å². The third kappa shape index (κ3) is 5.71. The Hall–Kier alpha value is -6.11. The lowest BCUT2D eigenvalue weighted by Crippen LogP contribution is -2.42. The fourth-order valence-corrected chi connectivity index (χ4v) is 9.32. The van der Waals surface area contributed by atoms with E-state index in [1.807, 2.05) is 36.4 Å². The molecule has 0 saturated heterocycles. The van der Waals surface area contributed by atoms with Crippen molar-refractivity contribution in [2.75, 3.05) is 0 Å². The van der Waals surface area contributed by atoms with E-state index in [1.54, 1.807) is 24.3 Å². The van der Waals surface area contributed by atoms with Crippen molar-refractivity contribution in [3.63, 3.8) is 0 Å². The minimum Gasteiger partial charge on any atom is -0.456 e. The molecule has 2 fully saturated rings. The first-order valence-electron chi connectivity index (χ1n) is 18.2. The monoisotopic (exact) mass is 675 g/mol. The molecule has 5 aromatic carbocycles. The zero-order valence-corrected chi connectivity index (χ0v) is 29.3. The van der Waals surface area contributed by atoms with Crippen LogP contribution in [0.4, 0.5) is 0 Å². The molecule has 0 aliphatic heterocycles. The van der Waals surface area contributed by atoms with Crippen molar-refractivity contribution in [3.05, 3.63) is 126 Å². The highest BCUT2D eigenvalue weighted by Gasteiger charge is 2.45. The minimum absolute atomic E-state index is 0.322. The smallest absolute Gasteiger partial charge is 0.164 e. The van der Waals surface area contributed by atoms with E-state index in [2.05, 4.69) is 74.5 Å². The van der Waals surface area contributed by atoms with E-state index in [1.165, 1.54) is 43.2 Å². The Bertz CT molecular complexity index is 2460. The molecule has 252 valence electrons. The number of benzene rings is 5. The number of nitrogens with zero attached hydrogens (tertiary/aromatic N) is 5. The second-order valence-corrected chi connectivity index (χ2v) is 15.2. The maximum absolute atomic E-state index is 9.31. The Labute approximate surface area is 303 Å². The molecule has 52 heavy (non-hydrogen) atoms. The second kappa shape index (κ2) is 12.6. The topological polar surface area (TPSA) is 99.4 Å². The average Bonchev–Trinajstić information content (AvgIpc) is 3.54. The third-order valence-corrected chi connectivity index (χ3v) is 11.4. The van der Waals surface area contributed by atoms with Gasteiger partial charge in [-0.15, -0.1) is 0 Å². The molecular weight excluding hydrogens is 639 g/mol. The first kappa shape index (κ1) is 31.8. The molecule has 2 bridgehead atoms. The van der Waals surface area contributed by atoms with Gasteiger partial charge in [0.15, 0.2) is 17.5 Å². The Morgan fingerprint density at radius 3 is 1.50 bits per heavy atom. The zero-order valence-electron chi connectivity index (χ0n) is 29.3. The van der Waals surface area contributed by atoms with Crippen molar-refractivity contribution in [1.82, 2.24) is 15.0 Å². The van der Waals surface area contributed by atoms with E-state index in [9.17, 15) is 10.5 Å². The van der Waals surface area contributed by atoms with Crippen LogP contribution in [-0.2, 0) is 5.41 Å². The molecule has 0 radical (unpaired) electrons. The summed E-state index contributed by atoms with van der Waals surface area (Å²) in [5, 5.41) is 20.7. The molecule has 4 atom stereocenters. The summed E-state index contributed by atoms with van der Waals surface area (Å²) in [6, 6.07) is 40.7. The molecule has 0 spiro atoms. The Morgan fingerprint density at radius 2 is 0.981 bits per heavy atom. The van der Waals surface area contributed by atoms with Gasteiger partial charge in [0, 0.05) is 27.5 Å². The van der Waals surface area contributed by atoms with Gasteiger partial charge in [-0.05, 0) is 145 Å². The Morgan fingerprint density at radius 1 is 0.538 bits per heavy atom. The molecule has 6 heteroatoms. The maximum atomic E-state index is 9.31. The van der Waals surface area contributed by atoms with E-state index in [0.29, 0.717) is 34.0 Å². The van der Waals surface area contributed by atoms with Crippen LogP contribution >= 0.6 is 0 Å². The first-order chi connectivity index (χ1) is 25.4. The minimum atomic E-state index is 0.322. The number of hydrogen-bond acceptors (Lipinski definition) is 6. The molecule has 2 aliphatic rings. The summed E-state index contributed by atoms with van der Waals surface area (Å²) in [6.07, 6.45) is 6.72. The van der Waals surface area contributed by atoms with E-state index < -0.39 is 0 Å². The largest absolute Gasteiger partial charge is 0.456 e. The van der Waals surface area contributed by atoms with Crippen molar-refractivity contribution >= 4 is 21.9 Å². The quantitative estimate of drug-likeness (QED) is 0.180. The highest BCUT2D eigenvalue weighted by molar-refractivity contribution is 6.06. The van der Waals surface area contributed by atoms with Gasteiger partial charge >= 0.3 is 0 Å². The fourth-order valence-electron chi connectivity index (χ4n) is 9.32. The van der Waals surface area contributed by atoms with Crippen molar-refractivity contribution in [2.24, 2.45) is 17.8 Å². The predicted molar refractivity (Wildman–Crippen MR) is 205 cm³/mol. The number of furan rings is 1. The van der Waals surface area contributed by atoms with E-state index in [0.717, 1.165) is 61.9 Å². The molecular formula is C46H37N5O. The molecule has 0 amide bonds. The third-order valence-electron chi connectivity index (χ3n) is 11.4. The first-order valence-corrected chi connectivity index (χ1v) is 18.2. The van der Waals surface area contributed by atoms with E-state index in [4.69, 9.17) is 19.4 Å².